The van der Waals surface area contributed by atoms with E-state index in [2.05, 4.69) is 38.2 Å². The standard InChI is InChI=1S/C23H27N5O2/c1-27(17-19-8-3-4-10-20(19)28-14-5-2-6-15-28)22(29)12-11-21-25-23(26-30-21)18-9-7-13-24-16-18/h3-4,7-10,13,16H,2,5-6,11-12,14-15,17H2,1H3. The molecule has 2 aromatic heterocycles. The van der Waals surface area contributed by atoms with Gasteiger partial charge in [0, 0.05) is 63.2 Å². The quantitative estimate of drug-likeness (QED) is 0.596. The third kappa shape index (κ3) is 4.84. The van der Waals surface area contributed by atoms with Crippen LogP contribution in [0.5, 0.6) is 0 Å². The number of carbonyl (C=O) groups is 1. The number of piperidine rings is 1. The molecule has 1 aliphatic heterocycles. The van der Waals surface area contributed by atoms with E-state index in [0.29, 0.717) is 31.1 Å². The number of hydrogen-bond acceptors (Lipinski definition) is 6. The Morgan fingerprint density at radius 1 is 1.13 bits per heavy atom. The van der Waals surface area contributed by atoms with Gasteiger partial charge in [-0.2, -0.15) is 4.98 Å². The second kappa shape index (κ2) is 9.52. The molecule has 0 radical (unpaired) electrons. The Labute approximate surface area is 176 Å². The molecule has 0 aliphatic carbocycles. The van der Waals surface area contributed by atoms with Crippen LogP contribution >= 0.6 is 0 Å². The lowest BCUT2D eigenvalue weighted by Gasteiger charge is -2.31. The maximum atomic E-state index is 12.7. The van der Waals surface area contributed by atoms with Crippen molar-refractivity contribution < 1.29 is 9.32 Å². The number of benzene rings is 1. The zero-order valence-corrected chi connectivity index (χ0v) is 17.3. The number of aryl methyl sites for hydroxylation is 1. The van der Waals surface area contributed by atoms with E-state index in [1.54, 1.807) is 17.3 Å². The van der Waals surface area contributed by atoms with Gasteiger partial charge in [0.1, 0.15) is 0 Å². The van der Waals surface area contributed by atoms with Crippen LogP contribution in [-0.4, -0.2) is 46.1 Å². The van der Waals surface area contributed by atoms with Crippen LogP contribution in [0, 0.1) is 0 Å². The van der Waals surface area contributed by atoms with Crippen LogP contribution in [0.4, 0.5) is 5.69 Å². The lowest BCUT2D eigenvalue weighted by molar-refractivity contribution is -0.130. The molecular weight excluding hydrogens is 378 g/mol. The molecule has 1 amide bonds. The second-order valence-electron chi connectivity index (χ2n) is 7.68. The summed E-state index contributed by atoms with van der Waals surface area (Å²) in [4.78, 5) is 25.4. The number of aromatic nitrogens is 3. The number of rotatable bonds is 7. The number of para-hydroxylation sites is 1. The summed E-state index contributed by atoms with van der Waals surface area (Å²) in [6.45, 7) is 2.77. The minimum absolute atomic E-state index is 0.0598. The molecule has 0 unspecified atom stereocenters. The second-order valence-corrected chi connectivity index (χ2v) is 7.68. The molecular formula is C23H27N5O2. The Hall–Kier alpha value is -3.22. The monoisotopic (exact) mass is 405 g/mol. The van der Waals surface area contributed by atoms with Crippen molar-refractivity contribution in [2.24, 2.45) is 0 Å². The summed E-state index contributed by atoms with van der Waals surface area (Å²) in [5.41, 5.74) is 3.23. The van der Waals surface area contributed by atoms with Crippen LogP contribution in [-0.2, 0) is 17.8 Å². The molecule has 0 bridgehead atoms. The molecule has 30 heavy (non-hydrogen) atoms. The molecule has 1 aromatic carbocycles. The number of hydrogen-bond donors (Lipinski definition) is 0. The predicted octanol–water partition coefficient (Wildman–Crippen LogP) is 3.71. The highest BCUT2D eigenvalue weighted by Gasteiger charge is 2.18. The number of carbonyl (C=O) groups excluding carboxylic acids is 1. The first-order chi connectivity index (χ1) is 14.7. The summed E-state index contributed by atoms with van der Waals surface area (Å²) in [6.07, 6.45) is 7.90. The zero-order valence-electron chi connectivity index (χ0n) is 17.3. The number of pyridine rings is 1. The minimum atomic E-state index is 0.0598. The van der Waals surface area contributed by atoms with Gasteiger partial charge in [-0.05, 0) is 43.0 Å². The zero-order chi connectivity index (χ0) is 20.8. The molecule has 7 heteroatoms. The average molecular weight is 406 g/mol. The average Bonchev–Trinajstić information content (AvgIpc) is 3.28. The third-order valence-electron chi connectivity index (χ3n) is 5.46. The lowest BCUT2D eigenvalue weighted by atomic mass is 10.1. The Balaban J connectivity index is 1.34. The normalized spacial score (nSPS) is 14.0. The van der Waals surface area contributed by atoms with E-state index in [1.807, 2.05) is 25.2 Å². The maximum Gasteiger partial charge on any atom is 0.227 e. The number of nitrogens with zero attached hydrogens (tertiary/aromatic N) is 5. The van der Waals surface area contributed by atoms with E-state index in [0.717, 1.165) is 18.7 Å². The van der Waals surface area contributed by atoms with Crippen LogP contribution in [0.25, 0.3) is 11.4 Å². The van der Waals surface area contributed by atoms with Gasteiger partial charge < -0.3 is 14.3 Å². The molecule has 1 aliphatic rings. The lowest BCUT2D eigenvalue weighted by Crippen LogP contribution is -2.32. The van der Waals surface area contributed by atoms with Gasteiger partial charge in [-0.3, -0.25) is 9.78 Å². The summed E-state index contributed by atoms with van der Waals surface area (Å²) in [5, 5.41) is 3.98. The van der Waals surface area contributed by atoms with Gasteiger partial charge >= 0.3 is 0 Å². The summed E-state index contributed by atoms with van der Waals surface area (Å²) in [7, 11) is 1.85. The molecule has 4 rings (SSSR count). The number of anilines is 1. The van der Waals surface area contributed by atoms with Gasteiger partial charge in [-0.15, -0.1) is 0 Å². The van der Waals surface area contributed by atoms with E-state index < -0.39 is 0 Å². The Morgan fingerprint density at radius 2 is 1.97 bits per heavy atom. The van der Waals surface area contributed by atoms with Crippen molar-refractivity contribution in [3.63, 3.8) is 0 Å². The first-order valence-electron chi connectivity index (χ1n) is 10.5. The Kier molecular flexibility index (Phi) is 6.37. The van der Waals surface area contributed by atoms with Crippen molar-refractivity contribution in [1.29, 1.82) is 0 Å². The fourth-order valence-corrected chi connectivity index (χ4v) is 3.80. The fourth-order valence-electron chi connectivity index (χ4n) is 3.80. The first kappa shape index (κ1) is 20.1. The Morgan fingerprint density at radius 3 is 2.77 bits per heavy atom. The van der Waals surface area contributed by atoms with Crippen LogP contribution in [0.2, 0.25) is 0 Å². The maximum absolute atomic E-state index is 12.7. The van der Waals surface area contributed by atoms with Gasteiger partial charge in [0.25, 0.3) is 0 Å². The van der Waals surface area contributed by atoms with Gasteiger partial charge in [0.05, 0.1) is 0 Å². The largest absolute Gasteiger partial charge is 0.371 e. The molecule has 1 fully saturated rings. The summed E-state index contributed by atoms with van der Waals surface area (Å²) in [5.74, 6) is 1.02. The van der Waals surface area contributed by atoms with Gasteiger partial charge in [0.15, 0.2) is 0 Å². The van der Waals surface area contributed by atoms with E-state index in [1.165, 1.54) is 30.5 Å². The molecule has 3 heterocycles. The highest BCUT2D eigenvalue weighted by atomic mass is 16.5. The van der Waals surface area contributed by atoms with Crippen LogP contribution in [0.1, 0.15) is 37.1 Å². The molecule has 0 spiro atoms. The van der Waals surface area contributed by atoms with Crippen molar-refractivity contribution in [3.8, 4) is 11.4 Å². The van der Waals surface area contributed by atoms with Crippen molar-refractivity contribution in [2.75, 3.05) is 25.0 Å². The molecule has 7 nitrogen and oxygen atoms in total. The minimum Gasteiger partial charge on any atom is -0.371 e. The van der Waals surface area contributed by atoms with Crippen molar-refractivity contribution in [3.05, 3.63) is 60.2 Å². The summed E-state index contributed by atoms with van der Waals surface area (Å²) >= 11 is 0. The van der Waals surface area contributed by atoms with Crippen LogP contribution in [0.3, 0.4) is 0 Å². The van der Waals surface area contributed by atoms with E-state index >= 15 is 0 Å². The van der Waals surface area contributed by atoms with Crippen LogP contribution in [0.15, 0.2) is 53.3 Å². The molecule has 1 saturated heterocycles. The van der Waals surface area contributed by atoms with Crippen LogP contribution < -0.4 is 4.90 Å². The summed E-state index contributed by atoms with van der Waals surface area (Å²) in [6, 6.07) is 12.1. The van der Waals surface area contributed by atoms with E-state index in [-0.39, 0.29) is 5.91 Å². The molecule has 0 saturated carbocycles. The summed E-state index contributed by atoms with van der Waals surface area (Å²) < 4.78 is 5.30. The van der Waals surface area contributed by atoms with Gasteiger partial charge in [0.2, 0.25) is 17.6 Å². The van der Waals surface area contributed by atoms with E-state index in [9.17, 15) is 4.79 Å². The highest BCUT2D eigenvalue weighted by Crippen LogP contribution is 2.25. The molecule has 0 N–H and O–H groups in total. The first-order valence-corrected chi connectivity index (χ1v) is 10.5. The molecule has 156 valence electrons. The molecule has 3 aromatic rings. The third-order valence-corrected chi connectivity index (χ3v) is 5.46. The van der Waals surface area contributed by atoms with Gasteiger partial charge in [-0.1, -0.05) is 23.4 Å². The Bertz CT molecular complexity index is 966. The van der Waals surface area contributed by atoms with Gasteiger partial charge in [-0.25, -0.2) is 0 Å². The molecule has 0 atom stereocenters. The highest BCUT2D eigenvalue weighted by molar-refractivity contribution is 5.76. The van der Waals surface area contributed by atoms with Crippen molar-refractivity contribution in [2.45, 2.75) is 38.6 Å². The van der Waals surface area contributed by atoms with Crippen molar-refractivity contribution >= 4 is 11.6 Å². The predicted molar refractivity (Wildman–Crippen MR) is 115 cm³/mol. The topological polar surface area (TPSA) is 75.4 Å². The van der Waals surface area contributed by atoms with E-state index in [4.69, 9.17) is 4.52 Å². The number of amides is 1. The SMILES string of the molecule is CN(Cc1ccccc1N1CCCCC1)C(=O)CCc1nc(-c2cccnc2)no1. The fraction of sp³-hybridized carbons (Fsp3) is 0.391. The van der Waals surface area contributed by atoms with Crippen molar-refractivity contribution in [1.82, 2.24) is 20.0 Å². The smallest absolute Gasteiger partial charge is 0.227 e.